The molecule has 0 saturated carbocycles. The Kier molecular flexibility index (Phi) is 4.72. The Bertz CT molecular complexity index is 474. The maximum atomic E-state index is 9.25. The van der Waals surface area contributed by atoms with E-state index in [9.17, 15) is 5.26 Å². The predicted octanol–water partition coefficient (Wildman–Crippen LogP) is 4.05. The van der Waals surface area contributed by atoms with Crippen LogP contribution in [0.1, 0.15) is 24.8 Å². The zero-order valence-corrected chi connectivity index (χ0v) is 11.5. The molecule has 0 bridgehead atoms. The summed E-state index contributed by atoms with van der Waals surface area (Å²) >= 11 is 1.62. The average molecular weight is 258 g/mol. The molecule has 0 aliphatic heterocycles. The number of nitriles is 1. The maximum absolute atomic E-state index is 9.25. The van der Waals surface area contributed by atoms with Gasteiger partial charge in [-0.15, -0.1) is 11.8 Å². The van der Waals surface area contributed by atoms with Gasteiger partial charge in [-0.25, -0.2) is 0 Å². The number of benzene rings is 1. The van der Waals surface area contributed by atoms with E-state index in [4.69, 9.17) is 0 Å². The van der Waals surface area contributed by atoms with Gasteiger partial charge in [0.05, 0.1) is 11.3 Å². The molecule has 0 spiro atoms. The second kappa shape index (κ2) is 6.51. The van der Waals surface area contributed by atoms with E-state index in [0.717, 1.165) is 29.1 Å². The molecule has 1 aromatic carbocycles. The molecule has 1 unspecified atom stereocenters. The maximum Gasteiger partial charge on any atom is 0.102 e. The average Bonchev–Trinajstić information content (AvgIpc) is 2.45. The highest BCUT2D eigenvalue weighted by molar-refractivity contribution is 7.98. The van der Waals surface area contributed by atoms with Gasteiger partial charge < -0.3 is 5.32 Å². The van der Waals surface area contributed by atoms with Gasteiger partial charge in [0.25, 0.3) is 0 Å². The third-order valence-electron chi connectivity index (χ3n) is 3.32. The molecule has 0 amide bonds. The molecule has 1 aliphatic rings. The lowest BCUT2D eigenvalue weighted by Gasteiger charge is -2.19. The van der Waals surface area contributed by atoms with E-state index in [1.54, 1.807) is 11.8 Å². The minimum Gasteiger partial charge on any atom is -0.384 e. The van der Waals surface area contributed by atoms with Crippen molar-refractivity contribution in [2.45, 2.75) is 24.2 Å². The number of nitrogens with one attached hydrogen (secondary N) is 1. The van der Waals surface area contributed by atoms with Crippen LogP contribution >= 0.6 is 11.8 Å². The van der Waals surface area contributed by atoms with Crippen molar-refractivity contribution in [1.82, 2.24) is 0 Å². The summed E-state index contributed by atoms with van der Waals surface area (Å²) in [5.74, 6) is 0.694. The van der Waals surface area contributed by atoms with E-state index < -0.39 is 0 Å². The van der Waals surface area contributed by atoms with Crippen molar-refractivity contribution in [3.63, 3.8) is 0 Å². The zero-order valence-electron chi connectivity index (χ0n) is 10.6. The Balaban J connectivity index is 2.05. The van der Waals surface area contributed by atoms with Crippen molar-refractivity contribution in [3.05, 3.63) is 35.9 Å². The van der Waals surface area contributed by atoms with Crippen molar-refractivity contribution in [2.24, 2.45) is 5.92 Å². The van der Waals surface area contributed by atoms with Gasteiger partial charge in [-0.2, -0.15) is 5.26 Å². The molecule has 1 N–H and O–H groups in total. The van der Waals surface area contributed by atoms with E-state index in [1.165, 1.54) is 12.8 Å². The summed E-state index contributed by atoms with van der Waals surface area (Å²) in [5.41, 5.74) is 1.75. The summed E-state index contributed by atoms with van der Waals surface area (Å²) in [6.07, 6.45) is 10.1. The van der Waals surface area contributed by atoms with Crippen molar-refractivity contribution in [3.8, 4) is 6.07 Å². The van der Waals surface area contributed by atoms with Crippen LogP contribution in [0.5, 0.6) is 0 Å². The number of anilines is 1. The molecule has 3 heteroatoms. The second-order valence-electron chi connectivity index (χ2n) is 4.53. The van der Waals surface area contributed by atoms with Crippen molar-refractivity contribution in [2.75, 3.05) is 18.1 Å². The third-order valence-corrected chi connectivity index (χ3v) is 4.10. The largest absolute Gasteiger partial charge is 0.384 e. The highest BCUT2D eigenvalue weighted by atomic mass is 32.2. The van der Waals surface area contributed by atoms with Gasteiger partial charge in [0.1, 0.15) is 6.07 Å². The fourth-order valence-electron chi connectivity index (χ4n) is 2.26. The number of thioether (sulfide) groups is 1. The molecule has 2 rings (SSSR count). The van der Waals surface area contributed by atoms with Crippen molar-refractivity contribution >= 4 is 17.4 Å². The summed E-state index contributed by atoms with van der Waals surface area (Å²) in [7, 11) is 0. The van der Waals surface area contributed by atoms with Crippen LogP contribution < -0.4 is 5.32 Å². The van der Waals surface area contributed by atoms with Gasteiger partial charge >= 0.3 is 0 Å². The van der Waals surface area contributed by atoms with Crippen LogP contribution in [0.15, 0.2) is 35.2 Å². The summed E-state index contributed by atoms with van der Waals surface area (Å²) in [6.45, 7) is 0.955. The first-order valence-electron chi connectivity index (χ1n) is 6.31. The monoisotopic (exact) mass is 258 g/mol. The summed E-state index contributed by atoms with van der Waals surface area (Å²) < 4.78 is 0. The molecule has 0 saturated heterocycles. The van der Waals surface area contributed by atoms with Gasteiger partial charge in [0.15, 0.2) is 0 Å². The molecule has 18 heavy (non-hydrogen) atoms. The molecule has 0 aromatic heterocycles. The van der Waals surface area contributed by atoms with Gasteiger partial charge in [-0.3, -0.25) is 0 Å². The van der Waals surface area contributed by atoms with Crippen LogP contribution in [-0.4, -0.2) is 12.8 Å². The molecular formula is C15H18N2S. The number of hydrogen-bond acceptors (Lipinski definition) is 3. The van der Waals surface area contributed by atoms with Crippen LogP contribution in [0.4, 0.5) is 5.69 Å². The third kappa shape index (κ3) is 3.08. The quantitative estimate of drug-likeness (QED) is 0.654. The van der Waals surface area contributed by atoms with E-state index >= 15 is 0 Å². The van der Waals surface area contributed by atoms with Gasteiger partial charge in [0, 0.05) is 11.4 Å². The van der Waals surface area contributed by atoms with Gasteiger partial charge in [-0.1, -0.05) is 18.2 Å². The molecule has 2 nitrogen and oxygen atoms in total. The second-order valence-corrected chi connectivity index (χ2v) is 5.37. The first kappa shape index (κ1) is 13.0. The molecular weight excluding hydrogens is 240 g/mol. The van der Waals surface area contributed by atoms with Crippen LogP contribution in [0, 0.1) is 17.2 Å². The Morgan fingerprint density at radius 3 is 3.00 bits per heavy atom. The number of nitrogens with zero attached hydrogens (tertiary/aromatic N) is 1. The van der Waals surface area contributed by atoms with E-state index in [0.29, 0.717) is 5.92 Å². The fraction of sp³-hybridized carbons (Fsp3) is 0.400. The fourth-order valence-corrected chi connectivity index (χ4v) is 2.83. The van der Waals surface area contributed by atoms with Crippen LogP contribution in [0.3, 0.4) is 0 Å². The predicted molar refractivity (Wildman–Crippen MR) is 77.9 cm³/mol. The smallest absolute Gasteiger partial charge is 0.102 e. The molecule has 0 fully saturated rings. The topological polar surface area (TPSA) is 35.8 Å². The summed E-state index contributed by atoms with van der Waals surface area (Å²) in [6, 6.07) is 8.31. The lowest BCUT2D eigenvalue weighted by atomic mass is 9.94. The first-order chi connectivity index (χ1) is 8.85. The first-order valence-corrected chi connectivity index (χ1v) is 7.53. The Labute approximate surface area is 113 Å². The van der Waals surface area contributed by atoms with Gasteiger partial charge in [-0.05, 0) is 43.6 Å². The standard InChI is InChI=1S/C15H18N2S/c1-18-15-9-5-8-14(13(15)10-16)17-11-12-6-3-2-4-7-12/h2-3,5,8-9,12,17H,4,6-7,11H2,1H3. The highest BCUT2D eigenvalue weighted by Gasteiger charge is 2.11. The molecule has 1 aromatic rings. The Morgan fingerprint density at radius 1 is 1.44 bits per heavy atom. The molecule has 1 aliphatic carbocycles. The SMILES string of the molecule is CSc1cccc(NCC2CC=CCC2)c1C#N. The number of allylic oxidation sites excluding steroid dienone is 2. The van der Waals surface area contributed by atoms with Crippen molar-refractivity contribution in [1.29, 1.82) is 5.26 Å². The summed E-state index contributed by atoms with van der Waals surface area (Å²) in [5, 5.41) is 12.7. The molecule has 94 valence electrons. The lowest BCUT2D eigenvalue weighted by molar-refractivity contribution is 0.504. The van der Waals surface area contributed by atoms with Gasteiger partial charge in [0.2, 0.25) is 0 Å². The molecule has 1 atom stereocenters. The van der Waals surface area contributed by atoms with E-state index in [2.05, 4.69) is 23.5 Å². The highest BCUT2D eigenvalue weighted by Crippen LogP contribution is 2.27. The molecule has 0 heterocycles. The van der Waals surface area contributed by atoms with Crippen LogP contribution in [0.2, 0.25) is 0 Å². The Morgan fingerprint density at radius 2 is 2.33 bits per heavy atom. The van der Waals surface area contributed by atoms with Crippen LogP contribution in [-0.2, 0) is 0 Å². The zero-order chi connectivity index (χ0) is 12.8. The molecule has 0 radical (unpaired) electrons. The van der Waals surface area contributed by atoms with E-state index in [-0.39, 0.29) is 0 Å². The lowest BCUT2D eigenvalue weighted by Crippen LogP contribution is -2.16. The Hall–Kier alpha value is -1.40. The summed E-state index contributed by atoms with van der Waals surface area (Å²) in [4.78, 5) is 1.05. The number of rotatable bonds is 4. The normalized spacial score (nSPS) is 18.3. The minimum absolute atomic E-state index is 0.694. The van der Waals surface area contributed by atoms with Crippen LogP contribution in [0.25, 0.3) is 0 Å². The number of hydrogen-bond donors (Lipinski definition) is 1. The minimum atomic E-state index is 0.694. The van der Waals surface area contributed by atoms with E-state index in [1.807, 2.05) is 24.5 Å². The van der Waals surface area contributed by atoms with Crippen molar-refractivity contribution < 1.29 is 0 Å².